The summed E-state index contributed by atoms with van der Waals surface area (Å²) in [6.07, 6.45) is 3.64. The van der Waals surface area contributed by atoms with Crippen molar-refractivity contribution in [3.63, 3.8) is 0 Å². The topological polar surface area (TPSA) is 39.9 Å². The molecule has 0 aliphatic heterocycles. The molecule has 0 saturated carbocycles. The van der Waals surface area contributed by atoms with Crippen LogP contribution in [0.1, 0.15) is 18.1 Å². The predicted octanol–water partition coefficient (Wildman–Crippen LogP) is 5.74. The Morgan fingerprint density at radius 1 is 1.12 bits per heavy atom. The molecular formula is C21H18ClN3. The van der Waals surface area contributed by atoms with E-state index in [1.54, 1.807) is 12.3 Å². The second kappa shape index (κ2) is 7.38. The molecule has 3 rings (SSSR count). The highest BCUT2D eigenvalue weighted by molar-refractivity contribution is 6.32. The summed E-state index contributed by atoms with van der Waals surface area (Å²) < 4.78 is 0. The number of hydrogen-bond acceptors (Lipinski definition) is 3. The first kappa shape index (κ1) is 17.0. The van der Waals surface area contributed by atoms with Gasteiger partial charge in [0.25, 0.3) is 0 Å². The van der Waals surface area contributed by atoms with Crippen molar-refractivity contribution in [3.8, 4) is 17.2 Å². The quantitative estimate of drug-likeness (QED) is 0.604. The Hall–Kier alpha value is -2.83. The van der Waals surface area contributed by atoms with E-state index in [4.69, 9.17) is 16.9 Å². The van der Waals surface area contributed by atoms with Gasteiger partial charge >= 0.3 is 0 Å². The van der Waals surface area contributed by atoms with Gasteiger partial charge < -0.3 is 4.90 Å². The third kappa shape index (κ3) is 3.50. The van der Waals surface area contributed by atoms with Crippen LogP contribution in [-0.4, -0.2) is 11.5 Å². The summed E-state index contributed by atoms with van der Waals surface area (Å²) in [6, 6.07) is 18.0. The number of pyridine rings is 1. The minimum Gasteiger partial charge on any atom is -0.341 e. The number of aryl methyl sites for hydroxylation is 1. The van der Waals surface area contributed by atoms with E-state index in [1.807, 2.05) is 24.4 Å². The smallest absolute Gasteiger partial charge is 0.101 e. The highest BCUT2D eigenvalue weighted by Crippen LogP contribution is 2.34. The summed E-state index contributed by atoms with van der Waals surface area (Å²) >= 11 is 6.23. The molecule has 2 aromatic carbocycles. The lowest BCUT2D eigenvalue weighted by Crippen LogP contribution is -2.17. The minimum absolute atomic E-state index is 0.472. The maximum atomic E-state index is 9.07. The van der Waals surface area contributed by atoms with Crippen molar-refractivity contribution in [1.29, 1.82) is 5.26 Å². The number of nitrogens with zero attached hydrogens (tertiary/aromatic N) is 3. The molecule has 1 aromatic heterocycles. The molecule has 4 heteroatoms. The number of hydrogen-bond donors (Lipinski definition) is 0. The molecule has 0 spiro atoms. The van der Waals surface area contributed by atoms with Crippen LogP contribution in [0.3, 0.4) is 0 Å². The van der Waals surface area contributed by atoms with Crippen LogP contribution in [0.15, 0.2) is 60.9 Å². The van der Waals surface area contributed by atoms with Gasteiger partial charge in [-0.3, -0.25) is 4.98 Å². The van der Waals surface area contributed by atoms with E-state index in [-0.39, 0.29) is 0 Å². The monoisotopic (exact) mass is 347 g/mol. The molecule has 0 amide bonds. The van der Waals surface area contributed by atoms with E-state index in [1.165, 1.54) is 5.56 Å². The first-order valence-corrected chi connectivity index (χ1v) is 8.50. The van der Waals surface area contributed by atoms with Gasteiger partial charge in [-0.05, 0) is 55.3 Å². The largest absolute Gasteiger partial charge is 0.341 e. The summed E-state index contributed by atoms with van der Waals surface area (Å²) in [5, 5.41) is 9.55. The number of anilines is 2. The van der Waals surface area contributed by atoms with Gasteiger partial charge in [0.2, 0.25) is 0 Å². The van der Waals surface area contributed by atoms with Gasteiger partial charge in [-0.25, -0.2) is 0 Å². The lowest BCUT2D eigenvalue weighted by molar-refractivity contribution is 1.02. The molecule has 0 aliphatic rings. The molecule has 0 atom stereocenters. The Morgan fingerprint density at radius 2 is 1.96 bits per heavy atom. The van der Waals surface area contributed by atoms with Crippen LogP contribution in [0, 0.1) is 18.3 Å². The Kier molecular flexibility index (Phi) is 5.02. The molecule has 0 aliphatic carbocycles. The highest BCUT2D eigenvalue weighted by Gasteiger charge is 2.13. The van der Waals surface area contributed by atoms with Crippen molar-refractivity contribution in [2.24, 2.45) is 0 Å². The molecule has 0 fully saturated rings. The van der Waals surface area contributed by atoms with Crippen LogP contribution >= 0.6 is 11.6 Å². The molecule has 0 radical (unpaired) electrons. The number of nitriles is 1. The summed E-state index contributed by atoms with van der Waals surface area (Å²) in [7, 11) is 0. The molecule has 0 saturated heterocycles. The Bertz CT molecular complexity index is 930. The normalized spacial score (nSPS) is 10.3. The molecular weight excluding hydrogens is 330 g/mol. The third-order valence-electron chi connectivity index (χ3n) is 4.20. The van der Waals surface area contributed by atoms with E-state index in [9.17, 15) is 0 Å². The summed E-state index contributed by atoms with van der Waals surface area (Å²) in [4.78, 5) is 6.40. The molecule has 3 aromatic rings. The van der Waals surface area contributed by atoms with E-state index in [0.717, 1.165) is 29.0 Å². The standard InChI is InChI=1S/C21H18ClN3/c1-3-25(19-9-8-17(13-23)20(22)12-19)21-11-16(7-6-15(21)2)18-5-4-10-24-14-18/h4-12,14H,3H2,1-2H3. The molecule has 0 N–H and O–H groups in total. The molecule has 25 heavy (non-hydrogen) atoms. The van der Waals surface area contributed by atoms with Crippen molar-refractivity contribution in [1.82, 2.24) is 4.98 Å². The average molecular weight is 348 g/mol. The minimum atomic E-state index is 0.472. The van der Waals surface area contributed by atoms with Crippen molar-refractivity contribution in [3.05, 3.63) is 77.1 Å². The third-order valence-corrected chi connectivity index (χ3v) is 4.51. The summed E-state index contributed by atoms with van der Waals surface area (Å²) in [5.41, 5.74) is 5.95. The number of benzene rings is 2. The van der Waals surface area contributed by atoms with Gasteiger partial charge in [-0.1, -0.05) is 29.8 Å². The summed E-state index contributed by atoms with van der Waals surface area (Å²) in [5.74, 6) is 0. The second-order valence-electron chi connectivity index (χ2n) is 5.76. The SMILES string of the molecule is CCN(c1ccc(C#N)c(Cl)c1)c1cc(-c2cccnc2)ccc1C. The second-order valence-corrected chi connectivity index (χ2v) is 6.17. The fourth-order valence-electron chi connectivity index (χ4n) is 2.87. The van der Waals surface area contributed by atoms with Crippen molar-refractivity contribution < 1.29 is 0 Å². The van der Waals surface area contributed by atoms with Crippen molar-refractivity contribution in [2.45, 2.75) is 13.8 Å². The van der Waals surface area contributed by atoms with E-state index in [0.29, 0.717) is 10.6 Å². The number of halogens is 1. The van der Waals surface area contributed by atoms with E-state index < -0.39 is 0 Å². The van der Waals surface area contributed by atoms with Crippen LogP contribution in [0.2, 0.25) is 5.02 Å². The first-order valence-electron chi connectivity index (χ1n) is 8.12. The fourth-order valence-corrected chi connectivity index (χ4v) is 3.08. The van der Waals surface area contributed by atoms with Gasteiger partial charge in [0.15, 0.2) is 0 Å². The maximum Gasteiger partial charge on any atom is 0.101 e. The van der Waals surface area contributed by atoms with E-state index in [2.05, 4.69) is 54.1 Å². The van der Waals surface area contributed by atoms with Crippen LogP contribution < -0.4 is 4.90 Å². The van der Waals surface area contributed by atoms with Crippen molar-refractivity contribution in [2.75, 3.05) is 11.4 Å². The van der Waals surface area contributed by atoms with Crippen molar-refractivity contribution >= 4 is 23.0 Å². The average Bonchev–Trinajstić information content (AvgIpc) is 2.65. The predicted molar refractivity (Wildman–Crippen MR) is 103 cm³/mol. The molecule has 1 heterocycles. The zero-order valence-electron chi connectivity index (χ0n) is 14.2. The van der Waals surface area contributed by atoms with E-state index >= 15 is 0 Å². The maximum absolute atomic E-state index is 9.07. The van der Waals surface area contributed by atoms with Gasteiger partial charge in [0, 0.05) is 35.9 Å². The molecule has 124 valence electrons. The number of rotatable bonds is 4. The molecule has 0 unspecified atom stereocenters. The molecule has 3 nitrogen and oxygen atoms in total. The zero-order chi connectivity index (χ0) is 17.8. The fraction of sp³-hybridized carbons (Fsp3) is 0.143. The lowest BCUT2D eigenvalue weighted by atomic mass is 10.0. The van der Waals surface area contributed by atoms with Crippen LogP contribution in [0.5, 0.6) is 0 Å². The summed E-state index contributed by atoms with van der Waals surface area (Å²) in [6.45, 7) is 4.98. The molecule has 0 bridgehead atoms. The Balaban J connectivity index is 2.07. The first-order chi connectivity index (χ1) is 12.1. The lowest BCUT2D eigenvalue weighted by Gasteiger charge is -2.26. The number of aromatic nitrogens is 1. The van der Waals surface area contributed by atoms with Crippen LogP contribution in [-0.2, 0) is 0 Å². The van der Waals surface area contributed by atoms with Gasteiger partial charge in [-0.15, -0.1) is 0 Å². The van der Waals surface area contributed by atoms with Crippen LogP contribution in [0.4, 0.5) is 11.4 Å². The van der Waals surface area contributed by atoms with Crippen LogP contribution in [0.25, 0.3) is 11.1 Å². The van der Waals surface area contributed by atoms with Gasteiger partial charge in [0.05, 0.1) is 10.6 Å². The highest BCUT2D eigenvalue weighted by atomic mass is 35.5. The Morgan fingerprint density at radius 3 is 2.60 bits per heavy atom. The zero-order valence-corrected chi connectivity index (χ0v) is 15.0. The van der Waals surface area contributed by atoms with Gasteiger partial charge in [0.1, 0.15) is 6.07 Å². The Labute approximate surface area is 153 Å². The van der Waals surface area contributed by atoms with Gasteiger partial charge in [-0.2, -0.15) is 5.26 Å².